The number of hydrogen-bond donors (Lipinski definition) is 1. The summed E-state index contributed by atoms with van der Waals surface area (Å²) in [7, 11) is 0. The van der Waals surface area contributed by atoms with Crippen molar-refractivity contribution >= 4 is 11.8 Å². The number of aromatic nitrogens is 6. The maximum Gasteiger partial charge on any atom is 0.183 e. The molecule has 0 saturated carbocycles. The molecule has 7 heteroatoms. The maximum atomic E-state index is 4.27. The van der Waals surface area contributed by atoms with Crippen molar-refractivity contribution in [3.63, 3.8) is 0 Å². The molecule has 0 unspecified atom stereocenters. The lowest BCUT2D eigenvalue weighted by Crippen LogP contribution is -2.05. The van der Waals surface area contributed by atoms with Crippen LogP contribution in [0.2, 0.25) is 0 Å². The van der Waals surface area contributed by atoms with Crippen LogP contribution in [-0.2, 0) is 18.7 Å². The molecule has 0 bridgehead atoms. The molecule has 0 radical (unpaired) electrons. The first-order valence-corrected chi connectivity index (χ1v) is 6.81. The van der Waals surface area contributed by atoms with Gasteiger partial charge in [-0.3, -0.25) is 5.10 Å². The number of fused-ring (bicyclic) bond motifs is 1. The number of aromatic amines is 1. The van der Waals surface area contributed by atoms with Crippen molar-refractivity contribution in [2.45, 2.75) is 43.1 Å². The molecule has 3 heterocycles. The molecule has 0 saturated heterocycles. The van der Waals surface area contributed by atoms with Crippen LogP contribution in [0, 0.1) is 0 Å². The van der Waals surface area contributed by atoms with Crippen molar-refractivity contribution in [2.75, 3.05) is 0 Å². The Hall–Kier alpha value is -1.37. The fourth-order valence-electron chi connectivity index (χ4n) is 2.05. The average molecular weight is 250 g/mol. The molecular weight excluding hydrogens is 236 g/mol. The lowest BCUT2D eigenvalue weighted by atomic mass is 10.2. The molecule has 0 spiro atoms. The lowest BCUT2D eigenvalue weighted by Gasteiger charge is -2.05. The van der Waals surface area contributed by atoms with Gasteiger partial charge < -0.3 is 4.57 Å². The van der Waals surface area contributed by atoms with Crippen molar-refractivity contribution in [2.24, 2.45) is 0 Å². The van der Waals surface area contributed by atoms with Gasteiger partial charge in [-0.25, -0.2) is 4.98 Å². The highest BCUT2D eigenvalue weighted by atomic mass is 32.2. The van der Waals surface area contributed by atoms with Crippen molar-refractivity contribution in [1.82, 2.24) is 29.9 Å². The highest BCUT2D eigenvalue weighted by molar-refractivity contribution is 7.98. The topological polar surface area (TPSA) is 72.3 Å². The zero-order valence-corrected chi connectivity index (χ0v) is 10.3. The molecule has 0 amide bonds. The zero-order valence-electron chi connectivity index (χ0n) is 9.46. The van der Waals surface area contributed by atoms with Crippen LogP contribution in [0.25, 0.3) is 0 Å². The maximum absolute atomic E-state index is 4.27. The summed E-state index contributed by atoms with van der Waals surface area (Å²) in [5.74, 6) is 2.97. The minimum Gasteiger partial charge on any atom is -0.314 e. The van der Waals surface area contributed by atoms with E-state index in [4.69, 9.17) is 0 Å². The minimum atomic E-state index is 0.794. The van der Waals surface area contributed by atoms with Crippen molar-refractivity contribution in [3.8, 4) is 0 Å². The van der Waals surface area contributed by atoms with Crippen LogP contribution in [0.1, 0.15) is 30.9 Å². The summed E-state index contributed by atoms with van der Waals surface area (Å²) in [5.41, 5.74) is 0. The Bertz CT molecular complexity index is 477. The minimum absolute atomic E-state index is 0.794. The third kappa shape index (κ3) is 2.33. The number of H-pyrrole nitrogens is 1. The summed E-state index contributed by atoms with van der Waals surface area (Å²) in [6.07, 6.45) is 6.32. The lowest BCUT2D eigenvalue weighted by molar-refractivity contribution is 0.617. The Balaban J connectivity index is 1.73. The quantitative estimate of drug-likeness (QED) is 0.834. The SMILES string of the molecule is c1n[nH]c(SCc2nnc3n2CCCCC3)n1. The number of nitrogens with one attached hydrogen (secondary N) is 1. The number of nitrogens with zero attached hydrogens (tertiary/aromatic N) is 5. The summed E-state index contributed by atoms with van der Waals surface area (Å²) in [6.45, 7) is 1.05. The second-order valence-corrected chi connectivity index (χ2v) is 5.04. The predicted molar refractivity (Wildman–Crippen MR) is 63.5 cm³/mol. The second-order valence-electron chi connectivity index (χ2n) is 4.07. The van der Waals surface area contributed by atoms with E-state index in [0.29, 0.717) is 0 Å². The Morgan fingerprint density at radius 2 is 2.29 bits per heavy atom. The van der Waals surface area contributed by atoms with Gasteiger partial charge in [-0.2, -0.15) is 5.10 Å². The molecule has 6 nitrogen and oxygen atoms in total. The van der Waals surface area contributed by atoms with Crippen LogP contribution in [0.5, 0.6) is 0 Å². The van der Waals surface area contributed by atoms with Gasteiger partial charge in [0.05, 0.1) is 5.75 Å². The molecule has 1 aliphatic heterocycles. The first kappa shape index (κ1) is 10.8. The van der Waals surface area contributed by atoms with E-state index in [9.17, 15) is 0 Å². The number of aryl methyl sites for hydroxylation is 1. The van der Waals surface area contributed by atoms with E-state index in [1.807, 2.05) is 0 Å². The van der Waals surface area contributed by atoms with Crippen LogP contribution in [0.4, 0.5) is 0 Å². The molecular formula is C10H14N6S. The molecule has 2 aromatic heterocycles. The molecule has 0 aromatic carbocycles. The van der Waals surface area contributed by atoms with E-state index in [2.05, 4.69) is 29.9 Å². The Morgan fingerprint density at radius 1 is 1.29 bits per heavy atom. The van der Waals surface area contributed by atoms with Gasteiger partial charge in [0.25, 0.3) is 0 Å². The van der Waals surface area contributed by atoms with Gasteiger partial charge in [0, 0.05) is 13.0 Å². The van der Waals surface area contributed by atoms with Gasteiger partial charge in [-0.05, 0) is 12.8 Å². The van der Waals surface area contributed by atoms with E-state index in [1.54, 1.807) is 11.8 Å². The highest BCUT2D eigenvalue weighted by Gasteiger charge is 2.14. The summed E-state index contributed by atoms with van der Waals surface area (Å²) < 4.78 is 2.26. The largest absolute Gasteiger partial charge is 0.314 e. The van der Waals surface area contributed by atoms with E-state index in [-0.39, 0.29) is 0 Å². The number of thioether (sulfide) groups is 1. The molecule has 17 heavy (non-hydrogen) atoms. The summed E-state index contributed by atoms with van der Waals surface area (Å²) in [5, 5.41) is 16.0. The third-order valence-electron chi connectivity index (χ3n) is 2.92. The zero-order chi connectivity index (χ0) is 11.5. The van der Waals surface area contributed by atoms with Crippen molar-refractivity contribution < 1.29 is 0 Å². The molecule has 0 atom stereocenters. The van der Waals surface area contributed by atoms with E-state index in [1.165, 1.54) is 25.6 Å². The third-order valence-corrected chi connectivity index (χ3v) is 3.79. The van der Waals surface area contributed by atoms with E-state index in [0.717, 1.165) is 35.5 Å². The molecule has 0 aliphatic carbocycles. The predicted octanol–water partition coefficient (Wildman–Crippen LogP) is 1.41. The molecule has 0 fully saturated rings. The monoisotopic (exact) mass is 250 g/mol. The van der Waals surface area contributed by atoms with Gasteiger partial charge in [0.2, 0.25) is 0 Å². The van der Waals surface area contributed by atoms with Crippen LogP contribution in [-0.4, -0.2) is 29.9 Å². The number of rotatable bonds is 3. The molecule has 2 aromatic rings. The average Bonchev–Trinajstić information content (AvgIpc) is 2.92. The van der Waals surface area contributed by atoms with Gasteiger partial charge in [0.15, 0.2) is 5.16 Å². The smallest absolute Gasteiger partial charge is 0.183 e. The molecule has 3 rings (SSSR count). The normalized spacial score (nSPS) is 15.5. The van der Waals surface area contributed by atoms with Gasteiger partial charge in [0.1, 0.15) is 18.0 Å². The van der Waals surface area contributed by atoms with Crippen molar-refractivity contribution in [3.05, 3.63) is 18.0 Å². The molecule has 1 N–H and O–H groups in total. The Morgan fingerprint density at radius 3 is 3.18 bits per heavy atom. The number of hydrogen-bond acceptors (Lipinski definition) is 5. The van der Waals surface area contributed by atoms with E-state index < -0.39 is 0 Å². The standard InChI is InChI=1S/C10H14N6S/c1-2-4-8-13-14-9(16(8)5-3-1)6-17-10-11-7-12-15-10/h7H,1-6H2,(H,11,12,15). The van der Waals surface area contributed by atoms with Crippen LogP contribution < -0.4 is 0 Å². The summed E-state index contributed by atoms with van der Waals surface area (Å²) in [6, 6.07) is 0. The van der Waals surface area contributed by atoms with E-state index >= 15 is 0 Å². The first-order valence-electron chi connectivity index (χ1n) is 5.82. The summed E-state index contributed by atoms with van der Waals surface area (Å²) in [4.78, 5) is 4.09. The van der Waals surface area contributed by atoms with Crippen LogP contribution >= 0.6 is 11.8 Å². The Kier molecular flexibility index (Phi) is 3.08. The van der Waals surface area contributed by atoms with Gasteiger partial charge in [-0.1, -0.05) is 18.2 Å². The fourth-order valence-corrected chi connectivity index (χ4v) is 2.77. The second kappa shape index (κ2) is 4.87. The fraction of sp³-hybridized carbons (Fsp3) is 0.600. The Labute approximate surface area is 103 Å². The van der Waals surface area contributed by atoms with Gasteiger partial charge in [-0.15, -0.1) is 10.2 Å². The van der Waals surface area contributed by atoms with Crippen LogP contribution in [0.15, 0.2) is 11.5 Å². The van der Waals surface area contributed by atoms with Crippen LogP contribution in [0.3, 0.4) is 0 Å². The van der Waals surface area contributed by atoms with Crippen molar-refractivity contribution in [1.29, 1.82) is 0 Å². The molecule has 90 valence electrons. The first-order chi connectivity index (χ1) is 8.43. The molecule has 1 aliphatic rings. The van der Waals surface area contributed by atoms with Gasteiger partial charge >= 0.3 is 0 Å². The summed E-state index contributed by atoms with van der Waals surface area (Å²) >= 11 is 1.61. The highest BCUT2D eigenvalue weighted by Crippen LogP contribution is 2.20.